The minimum Gasteiger partial charge on any atom is -0.370 e. The summed E-state index contributed by atoms with van der Waals surface area (Å²) in [4.78, 5) is 16.3. The third-order valence-electron chi connectivity index (χ3n) is 3.08. The van der Waals surface area contributed by atoms with Crippen LogP contribution in [0.5, 0.6) is 0 Å². The van der Waals surface area contributed by atoms with E-state index in [1.54, 1.807) is 0 Å². The summed E-state index contributed by atoms with van der Waals surface area (Å²) in [6.45, 7) is 6.34. The molecular weight excluding hydrogens is 269 g/mol. The van der Waals surface area contributed by atoms with Crippen molar-refractivity contribution in [3.8, 4) is 0 Å². The molecule has 110 valence electrons. The molecule has 5 heteroatoms. The summed E-state index contributed by atoms with van der Waals surface area (Å²) in [6, 6.07) is 6.97. The third-order valence-corrected chi connectivity index (χ3v) is 3.08. The first-order chi connectivity index (χ1) is 10.0. The summed E-state index contributed by atoms with van der Waals surface area (Å²) in [7, 11) is 0. The Bertz CT molecular complexity index is 671. The van der Waals surface area contributed by atoms with Crippen molar-refractivity contribution in [2.24, 2.45) is 0 Å². The minimum absolute atomic E-state index is 0.192. The van der Waals surface area contributed by atoms with Crippen molar-refractivity contribution in [1.29, 1.82) is 0 Å². The Kier molecular flexibility index (Phi) is 4.52. The average molecular weight is 287 g/mol. The zero-order valence-electron chi connectivity index (χ0n) is 12.3. The van der Waals surface area contributed by atoms with Crippen molar-refractivity contribution in [1.82, 2.24) is 4.98 Å². The molecule has 0 unspecified atom stereocenters. The molecule has 0 bridgehead atoms. The van der Waals surface area contributed by atoms with E-state index in [0.29, 0.717) is 18.1 Å². The van der Waals surface area contributed by atoms with Crippen LogP contribution in [0.2, 0.25) is 0 Å². The number of benzene rings is 1. The molecule has 2 rings (SSSR count). The van der Waals surface area contributed by atoms with Crippen LogP contribution in [0.1, 0.15) is 28.4 Å². The summed E-state index contributed by atoms with van der Waals surface area (Å²) >= 11 is 0. The van der Waals surface area contributed by atoms with E-state index in [0.717, 1.165) is 17.3 Å². The summed E-state index contributed by atoms with van der Waals surface area (Å²) in [5.74, 6) is -0.545. The normalized spacial score (nSPS) is 10.3. The van der Waals surface area contributed by atoms with Crippen molar-refractivity contribution in [3.05, 3.63) is 53.0 Å². The third kappa shape index (κ3) is 3.56. The fraction of sp³-hybridized carbons (Fsp3) is 0.250. The van der Waals surface area contributed by atoms with Crippen LogP contribution in [-0.2, 0) is 0 Å². The number of hydrogen-bond donors (Lipinski definition) is 2. The zero-order valence-corrected chi connectivity index (χ0v) is 12.3. The second-order valence-corrected chi connectivity index (χ2v) is 4.85. The van der Waals surface area contributed by atoms with Gasteiger partial charge >= 0.3 is 0 Å². The SMILES string of the molecule is CCNc1ncc(F)cc1C(=O)Nc1cc(C)ccc1C. The molecule has 0 saturated heterocycles. The van der Waals surface area contributed by atoms with E-state index in [1.165, 1.54) is 6.07 Å². The lowest BCUT2D eigenvalue weighted by Crippen LogP contribution is -2.17. The topological polar surface area (TPSA) is 54.0 Å². The quantitative estimate of drug-likeness (QED) is 0.904. The molecule has 0 aliphatic carbocycles. The summed E-state index contributed by atoms with van der Waals surface area (Å²) in [6.07, 6.45) is 1.09. The van der Waals surface area contributed by atoms with Crippen molar-refractivity contribution in [2.75, 3.05) is 17.2 Å². The highest BCUT2D eigenvalue weighted by atomic mass is 19.1. The van der Waals surface area contributed by atoms with Gasteiger partial charge in [0.2, 0.25) is 0 Å². The van der Waals surface area contributed by atoms with Crippen LogP contribution in [0, 0.1) is 19.7 Å². The van der Waals surface area contributed by atoms with Crippen molar-refractivity contribution in [2.45, 2.75) is 20.8 Å². The molecule has 0 atom stereocenters. The highest BCUT2D eigenvalue weighted by Crippen LogP contribution is 2.20. The Morgan fingerprint density at radius 1 is 1.29 bits per heavy atom. The maximum absolute atomic E-state index is 13.4. The van der Waals surface area contributed by atoms with Crippen LogP contribution >= 0.6 is 0 Å². The van der Waals surface area contributed by atoms with Crippen molar-refractivity contribution >= 4 is 17.4 Å². The van der Waals surface area contributed by atoms with Gasteiger partial charge < -0.3 is 10.6 Å². The van der Waals surface area contributed by atoms with Gasteiger partial charge in [-0.1, -0.05) is 12.1 Å². The lowest BCUT2D eigenvalue weighted by molar-refractivity contribution is 0.102. The fourth-order valence-electron chi connectivity index (χ4n) is 1.98. The molecule has 21 heavy (non-hydrogen) atoms. The molecule has 1 aromatic carbocycles. The van der Waals surface area contributed by atoms with Crippen molar-refractivity contribution < 1.29 is 9.18 Å². The molecule has 2 aromatic rings. The smallest absolute Gasteiger partial charge is 0.259 e. The molecule has 4 nitrogen and oxygen atoms in total. The van der Waals surface area contributed by atoms with Gasteiger partial charge in [-0.25, -0.2) is 9.37 Å². The zero-order chi connectivity index (χ0) is 15.4. The largest absolute Gasteiger partial charge is 0.370 e. The van der Waals surface area contributed by atoms with Gasteiger partial charge in [0.1, 0.15) is 11.6 Å². The number of aryl methyl sites for hydroxylation is 2. The Labute approximate surface area is 123 Å². The lowest BCUT2D eigenvalue weighted by Gasteiger charge is -2.12. The molecular formula is C16H18FN3O. The van der Waals surface area contributed by atoms with Gasteiger partial charge in [-0.05, 0) is 44.0 Å². The predicted octanol–water partition coefficient (Wildman–Crippen LogP) is 3.52. The molecule has 0 fully saturated rings. The van der Waals surface area contributed by atoms with E-state index >= 15 is 0 Å². The van der Waals surface area contributed by atoms with Gasteiger partial charge in [-0.3, -0.25) is 4.79 Å². The van der Waals surface area contributed by atoms with E-state index in [2.05, 4.69) is 15.6 Å². The first-order valence-electron chi connectivity index (χ1n) is 6.79. The molecule has 1 heterocycles. The van der Waals surface area contributed by atoms with Gasteiger partial charge in [0, 0.05) is 12.2 Å². The fourth-order valence-corrected chi connectivity index (χ4v) is 1.98. The number of pyridine rings is 1. The number of nitrogens with one attached hydrogen (secondary N) is 2. The van der Waals surface area contributed by atoms with Crippen LogP contribution < -0.4 is 10.6 Å². The molecule has 0 aliphatic rings. The van der Waals surface area contributed by atoms with E-state index in [-0.39, 0.29) is 11.5 Å². The predicted molar refractivity (Wildman–Crippen MR) is 82.2 cm³/mol. The number of aromatic nitrogens is 1. The number of amides is 1. The number of anilines is 2. The second-order valence-electron chi connectivity index (χ2n) is 4.85. The van der Waals surface area contributed by atoms with Crippen LogP contribution in [0.25, 0.3) is 0 Å². The summed E-state index contributed by atoms with van der Waals surface area (Å²) in [5.41, 5.74) is 2.90. The Morgan fingerprint density at radius 2 is 2.05 bits per heavy atom. The highest BCUT2D eigenvalue weighted by Gasteiger charge is 2.15. The summed E-state index contributed by atoms with van der Waals surface area (Å²) < 4.78 is 13.4. The number of carbonyl (C=O) groups excluding carboxylic acids is 1. The second kappa shape index (κ2) is 6.35. The van der Waals surface area contributed by atoms with E-state index < -0.39 is 5.82 Å². The number of rotatable bonds is 4. The number of hydrogen-bond acceptors (Lipinski definition) is 3. The van der Waals surface area contributed by atoms with E-state index in [1.807, 2.05) is 39.0 Å². The van der Waals surface area contributed by atoms with E-state index in [9.17, 15) is 9.18 Å². The van der Waals surface area contributed by atoms with Crippen LogP contribution in [0.15, 0.2) is 30.5 Å². The molecule has 1 aromatic heterocycles. The molecule has 2 N–H and O–H groups in total. The minimum atomic E-state index is -0.539. The van der Waals surface area contributed by atoms with Gasteiger partial charge in [0.05, 0.1) is 11.8 Å². The molecule has 1 amide bonds. The number of nitrogens with zero attached hydrogens (tertiary/aromatic N) is 1. The monoisotopic (exact) mass is 287 g/mol. The first kappa shape index (κ1) is 15.0. The van der Waals surface area contributed by atoms with Gasteiger partial charge in [0.25, 0.3) is 5.91 Å². The highest BCUT2D eigenvalue weighted by molar-refractivity contribution is 6.07. The standard InChI is InChI=1S/C16H18FN3O/c1-4-18-15-13(8-12(17)9-19-15)16(21)20-14-7-10(2)5-6-11(14)3/h5-9H,4H2,1-3H3,(H,18,19)(H,20,21). The maximum Gasteiger partial charge on any atom is 0.259 e. The van der Waals surface area contributed by atoms with Gasteiger partial charge in [0.15, 0.2) is 0 Å². The molecule has 0 aliphatic heterocycles. The van der Waals surface area contributed by atoms with Gasteiger partial charge in [-0.15, -0.1) is 0 Å². The summed E-state index contributed by atoms with van der Waals surface area (Å²) in [5, 5.41) is 5.77. The Balaban J connectivity index is 2.31. The Hall–Kier alpha value is -2.43. The van der Waals surface area contributed by atoms with Crippen LogP contribution in [0.3, 0.4) is 0 Å². The lowest BCUT2D eigenvalue weighted by atomic mass is 10.1. The van der Waals surface area contributed by atoms with Crippen LogP contribution in [-0.4, -0.2) is 17.4 Å². The maximum atomic E-state index is 13.4. The molecule has 0 radical (unpaired) electrons. The average Bonchev–Trinajstić information content (AvgIpc) is 2.45. The first-order valence-corrected chi connectivity index (χ1v) is 6.79. The van der Waals surface area contributed by atoms with Crippen molar-refractivity contribution in [3.63, 3.8) is 0 Å². The number of carbonyl (C=O) groups is 1. The van der Waals surface area contributed by atoms with E-state index in [4.69, 9.17) is 0 Å². The molecule has 0 saturated carbocycles. The van der Waals surface area contributed by atoms with Gasteiger partial charge in [-0.2, -0.15) is 0 Å². The molecule has 0 spiro atoms. The van der Waals surface area contributed by atoms with Crippen LogP contribution in [0.4, 0.5) is 15.9 Å². The number of halogens is 1. The Morgan fingerprint density at radius 3 is 2.76 bits per heavy atom.